The number of carbonyl (C=O) groups excluding carboxylic acids is 1. The maximum absolute atomic E-state index is 12.8. The number of anilines is 1. The third kappa shape index (κ3) is 3.36. The van der Waals surface area contributed by atoms with Crippen molar-refractivity contribution in [3.05, 3.63) is 64.2 Å². The second kappa shape index (κ2) is 6.67. The molecule has 1 aliphatic rings. The Balaban J connectivity index is 1.94. The molecule has 0 spiro atoms. The van der Waals surface area contributed by atoms with Crippen LogP contribution >= 0.6 is 0 Å². The van der Waals surface area contributed by atoms with Gasteiger partial charge in [-0.05, 0) is 18.2 Å². The molecule has 2 aromatic carbocycles. The molecule has 124 valence electrons. The number of amides is 1. The standard InChI is InChI=1S/C17H16N2O5/c1-18(12-6-3-2-4-7-12)17(20)14-8-5-9-15(19(21)22)16(14)24-11-13-10-23-13/h2-9,13H,10-11H2,1H3. The molecule has 1 unspecified atom stereocenters. The van der Waals surface area contributed by atoms with Crippen molar-refractivity contribution in [1.82, 2.24) is 0 Å². The Morgan fingerprint density at radius 1 is 1.29 bits per heavy atom. The molecule has 3 rings (SSSR count). The normalized spacial score (nSPS) is 15.6. The van der Waals surface area contributed by atoms with E-state index in [0.717, 1.165) is 0 Å². The van der Waals surface area contributed by atoms with Crippen molar-refractivity contribution in [1.29, 1.82) is 0 Å². The third-order valence-corrected chi connectivity index (χ3v) is 3.69. The van der Waals surface area contributed by atoms with Crippen molar-refractivity contribution in [3.63, 3.8) is 0 Å². The topological polar surface area (TPSA) is 85.2 Å². The summed E-state index contributed by atoms with van der Waals surface area (Å²) in [5.41, 5.74) is 0.602. The van der Waals surface area contributed by atoms with E-state index in [0.29, 0.717) is 12.3 Å². The molecule has 1 atom stereocenters. The first-order chi connectivity index (χ1) is 11.6. The summed E-state index contributed by atoms with van der Waals surface area (Å²) in [4.78, 5) is 24.9. The molecule has 0 saturated carbocycles. The molecule has 7 nitrogen and oxygen atoms in total. The molecule has 1 amide bonds. The summed E-state index contributed by atoms with van der Waals surface area (Å²) in [5, 5.41) is 11.3. The van der Waals surface area contributed by atoms with Gasteiger partial charge in [0, 0.05) is 18.8 Å². The molecule has 7 heteroatoms. The number of rotatable bonds is 6. The molecule has 0 aliphatic carbocycles. The highest BCUT2D eigenvalue weighted by molar-refractivity contribution is 6.08. The molecule has 1 fully saturated rings. The van der Waals surface area contributed by atoms with Crippen molar-refractivity contribution < 1.29 is 19.2 Å². The molecule has 0 aromatic heterocycles. The minimum atomic E-state index is -0.553. The van der Waals surface area contributed by atoms with E-state index in [9.17, 15) is 14.9 Å². The van der Waals surface area contributed by atoms with E-state index in [1.165, 1.54) is 23.1 Å². The quantitative estimate of drug-likeness (QED) is 0.462. The zero-order valence-corrected chi connectivity index (χ0v) is 13.0. The number of hydrogen-bond donors (Lipinski definition) is 0. The van der Waals surface area contributed by atoms with E-state index in [-0.39, 0.29) is 35.6 Å². The maximum Gasteiger partial charge on any atom is 0.311 e. The van der Waals surface area contributed by atoms with Gasteiger partial charge in [0.15, 0.2) is 0 Å². The Morgan fingerprint density at radius 3 is 2.62 bits per heavy atom. The maximum atomic E-state index is 12.8. The lowest BCUT2D eigenvalue weighted by Crippen LogP contribution is -2.27. The number of carbonyl (C=O) groups is 1. The smallest absolute Gasteiger partial charge is 0.311 e. The summed E-state index contributed by atoms with van der Waals surface area (Å²) in [6.45, 7) is 0.744. The predicted molar refractivity (Wildman–Crippen MR) is 87.5 cm³/mol. The number of nitrogens with zero attached hydrogens (tertiary/aromatic N) is 2. The summed E-state index contributed by atoms with van der Waals surface area (Å²) in [5.74, 6) is -0.401. The molecule has 24 heavy (non-hydrogen) atoms. The Hall–Kier alpha value is -2.93. The van der Waals surface area contributed by atoms with Gasteiger partial charge >= 0.3 is 5.69 Å². The van der Waals surface area contributed by atoms with Crippen LogP contribution in [0.3, 0.4) is 0 Å². The van der Waals surface area contributed by atoms with Crippen molar-refractivity contribution in [2.45, 2.75) is 6.10 Å². The van der Waals surface area contributed by atoms with Gasteiger partial charge < -0.3 is 14.4 Å². The summed E-state index contributed by atoms with van der Waals surface area (Å²) < 4.78 is 10.6. The molecule has 2 aromatic rings. The van der Waals surface area contributed by atoms with Gasteiger partial charge in [-0.2, -0.15) is 0 Å². The van der Waals surface area contributed by atoms with Crippen molar-refractivity contribution >= 4 is 17.3 Å². The number of para-hydroxylation sites is 2. The Bertz CT molecular complexity index is 759. The van der Waals surface area contributed by atoms with Crippen LogP contribution in [0.4, 0.5) is 11.4 Å². The van der Waals surface area contributed by atoms with E-state index < -0.39 is 4.92 Å². The van der Waals surface area contributed by atoms with Crippen molar-refractivity contribution in [2.75, 3.05) is 25.2 Å². The highest BCUT2D eigenvalue weighted by atomic mass is 16.6. The summed E-state index contributed by atoms with van der Waals surface area (Å²) in [6.07, 6.45) is -0.0698. The fraction of sp³-hybridized carbons (Fsp3) is 0.235. The fourth-order valence-corrected chi connectivity index (χ4v) is 2.28. The SMILES string of the molecule is CN(C(=O)c1cccc([N+](=O)[O-])c1OCC1CO1)c1ccccc1. The summed E-state index contributed by atoms with van der Waals surface area (Å²) in [6, 6.07) is 13.4. The first kappa shape index (κ1) is 15.9. The average Bonchev–Trinajstić information content (AvgIpc) is 3.43. The number of nitro benzene ring substituents is 1. The number of nitro groups is 1. The Labute approximate surface area is 138 Å². The molecule has 0 N–H and O–H groups in total. The molecular weight excluding hydrogens is 312 g/mol. The van der Waals surface area contributed by atoms with Crippen LogP contribution in [0.15, 0.2) is 48.5 Å². The van der Waals surface area contributed by atoms with E-state index >= 15 is 0 Å². The highest BCUT2D eigenvalue weighted by Gasteiger charge is 2.29. The Kier molecular flexibility index (Phi) is 4.43. The van der Waals surface area contributed by atoms with Crippen LogP contribution in [-0.2, 0) is 4.74 Å². The lowest BCUT2D eigenvalue weighted by Gasteiger charge is -2.19. The molecule has 0 bridgehead atoms. The zero-order valence-electron chi connectivity index (χ0n) is 13.0. The molecule has 1 heterocycles. The van der Waals surface area contributed by atoms with Gasteiger partial charge in [0.05, 0.1) is 17.1 Å². The lowest BCUT2D eigenvalue weighted by molar-refractivity contribution is -0.385. The van der Waals surface area contributed by atoms with Crippen LogP contribution in [0.5, 0.6) is 5.75 Å². The second-order valence-corrected chi connectivity index (χ2v) is 5.38. The van der Waals surface area contributed by atoms with Gasteiger partial charge in [0.2, 0.25) is 5.75 Å². The second-order valence-electron chi connectivity index (χ2n) is 5.38. The van der Waals surface area contributed by atoms with Gasteiger partial charge in [0.25, 0.3) is 5.91 Å². The van der Waals surface area contributed by atoms with Crippen LogP contribution in [0.1, 0.15) is 10.4 Å². The van der Waals surface area contributed by atoms with E-state index in [1.807, 2.05) is 18.2 Å². The molecule has 1 aliphatic heterocycles. The first-order valence-electron chi connectivity index (χ1n) is 7.43. The molecular formula is C17H16N2O5. The van der Waals surface area contributed by atoms with E-state index in [1.54, 1.807) is 19.2 Å². The van der Waals surface area contributed by atoms with Gasteiger partial charge in [-0.1, -0.05) is 24.3 Å². The van der Waals surface area contributed by atoms with Crippen LogP contribution in [-0.4, -0.2) is 37.2 Å². The highest BCUT2D eigenvalue weighted by Crippen LogP contribution is 2.33. The average molecular weight is 328 g/mol. The van der Waals surface area contributed by atoms with Gasteiger partial charge in [-0.15, -0.1) is 0 Å². The van der Waals surface area contributed by atoms with Crippen LogP contribution < -0.4 is 9.64 Å². The Morgan fingerprint density at radius 2 is 2.00 bits per heavy atom. The number of hydrogen-bond acceptors (Lipinski definition) is 5. The van der Waals surface area contributed by atoms with Crippen molar-refractivity contribution in [2.24, 2.45) is 0 Å². The molecule has 1 saturated heterocycles. The van der Waals surface area contributed by atoms with Gasteiger partial charge in [-0.3, -0.25) is 14.9 Å². The minimum absolute atomic E-state index is 0.0224. The fourth-order valence-electron chi connectivity index (χ4n) is 2.28. The number of epoxide rings is 1. The minimum Gasteiger partial charge on any atom is -0.483 e. The summed E-state index contributed by atoms with van der Waals surface area (Å²) in [7, 11) is 1.62. The zero-order chi connectivity index (χ0) is 17.1. The van der Waals surface area contributed by atoms with Crippen LogP contribution in [0.2, 0.25) is 0 Å². The van der Waals surface area contributed by atoms with Gasteiger partial charge in [0.1, 0.15) is 12.7 Å². The monoisotopic (exact) mass is 328 g/mol. The largest absolute Gasteiger partial charge is 0.483 e. The van der Waals surface area contributed by atoms with E-state index in [4.69, 9.17) is 9.47 Å². The lowest BCUT2D eigenvalue weighted by atomic mass is 10.1. The number of ether oxygens (including phenoxy) is 2. The van der Waals surface area contributed by atoms with E-state index in [2.05, 4.69) is 0 Å². The number of benzene rings is 2. The third-order valence-electron chi connectivity index (χ3n) is 3.69. The molecule has 0 radical (unpaired) electrons. The first-order valence-corrected chi connectivity index (χ1v) is 7.43. The predicted octanol–water partition coefficient (Wildman–Crippen LogP) is 2.65. The van der Waals surface area contributed by atoms with Crippen molar-refractivity contribution in [3.8, 4) is 5.75 Å². The summed E-state index contributed by atoms with van der Waals surface area (Å²) >= 11 is 0. The van der Waals surface area contributed by atoms with Crippen LogP contribution in [0.25, 0.3) is 0 Å². The van der Waals surface area contributed by atoms with Crippen LogP contribution in [0, 0.1) is 10.1 Å². The van der Waals surface area contributed by atoms with Gasteiger partial charge in [-0.25, -0.2) is 0 Å².